The minimum atomic E-state index is -0.675. The zero-order chi connectivity index (χ0) is 18.5. The standard InChI is InChI=1S/C20H20N2O4/c1-26-13-5-12-22-17(14-6-3-2-4-7-14)16(19(24)20(22)25)18(23)15-8-10-21-11-9-15/h2-4,6-11,17,23H,5,12-13H2,1H3. The van der Waals surface area contributed by atoms with Crippen LogP contribution in [-0.4, -0.2) is 46.9 Å². The molecule has 6 heteroatoms. The van der Waals surface area contributed by atoms with E-state index in [2.05, 4.69) is 4.98 Å². The highest BCUT2D eigenvalue weighted by molar-refractivity contribution is 6.46. The number of likely N-dealkylation sites (tertiary alicyclic amines) is 1. The molecule has 6 nitrogen and oxygen atoms in total. The summed E-state index contributed by atoms with van der Waals surface area (Å²) in [6.07, 6.45) is 3.66. The Morgan fingerprint density at radius 3 is 2.50 bits per heavy atom. The summed E-state index contributed by atoms with van der Waals surface area (Å²) >= 11 is 0. The van der Waals surface area contributed by atoms with Crippen LogP contribution in [-0.2, 0) is 14.3 Å². The molecule has 1 amide bonds. The van der Waals surface area contributed by atoms with Crippen LogP contribution in [0.1, 0.15) is 23.6 Å². The maximum absolute atomic E-state index is 12.7. The number of hydrogen-bond acceptors (Lipinski definition) is 5. The van der Waals surface area contributed by atoms with Crippen LogP contribution in [0.3, 0.4) is 0 Å². The Labute approximate surface area is 151 Å². The first-order valence-corrected chi connectivity index (χ1v) is 8.38. The molecule has 1 aromatic carbocycles. The number of ketones is 1. The molecular weight excluding hydrogens is 332 g/mol. The predicted molar refractivity (Wildman–Crippen MR) is 96.2 cm³/mol. The van der Waals surface area contributed by atoms with Gasteiger partial charge in [-0.05, 0) is 24.1 Å². The van der Waals surface area contributed by atoms with E-state index in [1.54, 1.807) is 19.2 Å². The smallest absolute Gasteiger partial charge is 0.295 e. The highest BCUT2D eigenvalue weighted by Gasteiger charge is 2.45. The summed E-state index contributed by atoms with van der Waals surface area (Å²) in [5.74, 6) is -1.47. The van der Waals surface area contributed by atoms with Gasteiger partial charge in [0.1, 0.15) is 5.76 Å². The van der Waals surface area contributed by atoms with Crippen LogP contribution in [0.2, 0.25) is 0 Å². The van der Waals surface area contributed by atoms with Gasteiger partial charge < -0.3 is 14.7 Å². The molecule has 1 fully saturated rings. The molecule has 26 heavy (non-hydrogen) atoms. The van der Waals surface area contributed by atoms with Crippen LogP contribution in [0.4, 0.5) is 0 Å². The molecule has 1 atom stereocenters. The van der Waals surface area contributed by atoms with E-state index >= 15 is 0 Å². The van der Waals surface area contributed by atoms with E-state index < -0.39 is 17.7 Å². The van der Waals surface area contributed by atoms with E-state index in [4.69, 9.17) is 4.74 Å². The summed E-state index contributed by atoms with van der Waals surface area (Å²) in [7, 11) is 1.59. The molecule has 1 saturated heterocycles. The number of rotatable bonds is 6. The zero-order valence-electron chi connectivity index (χ0n) is 14.5. The van der Waals surface area contributed by atoms with Gasteiger partial charge in [-0.3, -0.25) is 14.6 Å². The largest absolute Gasteiger partial charge is 0.507 e. The van der Waals surface area contributed by atoms with Gasteiger partial charge >= 0.3 is 0 Å². The number of nitrogens with zero attached hydrogens (tertiary/aromatic N) is 2. The van der Waals surface area contributed by atoms with Crippen molar-refractivity contribution in [3.05, 3.63) is 71.6 Å². The summed E-state index contributed by atoms with van der Waals surface area (Å²) < 4.78 is 5.06. The number of aliphatic hydroxyl groups is 1. The fourth-order valence-electron chi connectivity index (χ4n) is 3.14. The van der Waals surface area contributed by atoms with E-state index in [1.807, 2.05) is 30.3 Å². The minimum absolute atomic E-state index is 0.102. The van der Waals surface area contributed by atoms with E-state index in [0.717, 1.165) is 5.56 Å². The lowest BCUT2D eigenvalue weighted by atomic mass is 9.95. The maximum atomic E-state index is 12.7. The van der Waals surface area contributed by atoms with Crippen LogP contribution in [0.15, 0.2) is 60.4 Å². The minimum Gasteiger partial charge on any atom is -0.507 e. The van der Waals surface area contributed by atoms with E-state index in [9.17, 15) is 14.7 Å². The van der Waals surface area contributed by atoms with Crippen molar-refractivity contribution in [1.29, 1.82) is 0 Å². The van der Waals surface area contributed by atoms with E-state index in [0.29, 0.717) is 25.1 Å². The van der Waals surface area contributed by atoms with Gasteiger partial charge in [-0.15, -0.1) is 0 Å². The summed E-state index contributed by atoms with van der Waals surface area (Å²) in [5.41, 5.74) is 1.33. The molecule has 2 heterocycles. The molecule has 0 bridgehead atoms. The molecule has 0 spiro atoms. The van der Waals surface area contributed by atoms with E-state index in [1.165, 1.54) is 17.3 Å². The van der Waals surface area contributed by atoms with Crippen LogP contribution in [0.25, 0.3) is 5.76 Å². The number of carbonyl (C=O) groups excluding carboxylic acids is 2. The lowest BCUT2D eigenvalue weighted by molar-refractivity contribution is -0.140. The number of hydrogen-bond donors (Lipinski definition) is 1. The summed E-state index contributed by atoms with van der Waals surface area (Å²) in [5, 5.41) is 10.8. The molecule has 1 aliphatic heterocycles. The number of Topliss-reactive ketones (excluding diaryl/α,β-unsaturated/α-hetero) is 1. The van der Waals surface area contributed by atoms with Crippen molar-refractivity contribution in [3.63, 3.8) is 0 Å². The molecule has 1 N–H and O–H groups in total. The Kier molecular flexibility index (Phi) is 5.43. The molecule has 2 aromatic rings. The Morgan fingerprint density at radius 2 is 1.85 bits per heavy atom. The monoisotopic (exact) mass is 352 g/mol. The topological polar surface area (TPSA) is 79.7 Å². The number of carbonyl (C=O) groups is 2. The van der Waals surface area contributed by atoms with Crippen LogP contribution in [0, 0.1) is 0 Å². The zero-order valence-corrected chi connectivity index (χ0v) is 14.5. The lowest BCUT2D eigenvalue weighted by Crippen LogP contribution is -2.31. The SMILES string of the molecule is COCCCN1C(=O)C(=O)C(=C(O)c2ccncc2)C1c1ccccc1. The average molecular weight is 352 g/mol. The Hall–Kier alpha value is -2.99. The van der Waals surface area contributed by atoms with Gasteiger partial charge in [0.2, 0.25) is 0 Å². The van der Waals surface area contributed by atoms with Crippen molar-refractivity contribution < 1.29 is 19.4 Å². The molecular formula is C20H20N2O4. The van der Waals surface area contributed by atoms with Crippen LogP contribution >= 0.6 is 0 Å². The number of pyridine rings is 1. The van der Waals surface area contributed by atoms with Gasteiger partial charge in [0.05, 0.1) is 11.6 Å². The van der Waals surface area contributed by atoms with Crippen molar-refractivity contribution in [2.24, 2.45) is 0 Å². The first-order chi connectivity index (χ1) is 12.6. The molecule has 1 unspecified atom stereocenters. The van der Waals surface area contributed by atoms with Crippen LogP contribution < -0.4 is 0 Å². The van der Waals surface area contributed by atoms with Crippen molar-refractivity contribution in [1.82, 2.24) is 9.88 Å². The van der Waals surface area contributed by atoms with Gasteiger partial charge in [-0.1, -0.05) is 30.3 Å². The Bertz CT molecular complexity index is 818. The number of amides is 1. The number of benzene rings is 1. The summed E-state index contributed by atoms with van der Waals surface area (Å²) in [6.45, 7) is 0.847. The Balaban J connectivity index is 2.09. The average Bonchev–Trinajstić information content (AvgIpc) is 2.94. The molecule has 134 valence electrons. The van der Waals surface area contributed by atoms with Crippen molar-refractivity contribution >= 4 is 17.4 Å². The first kappa shape index (κ1) is 17.8. The third-order valence-electron chi connectivity index (χ3n) is 4.36. The first-order valence-electron chi connectivity index (χ1n) is 8.38. The fourth-order valence-corrected chi connectivity index (χ4v) is 3.14. The summed E-state index contributed by atoms with van der Waals surface area (Å²) in [6, 6.07) is 11.8. The fraction of sp³-hybridized carbons (Fsp3) is 0.250. The molecule has 1 aliphatic rings. The number of ether oxygens (including phenoxy) is 1. The normalized spacial score (nSPS) is 19.1. The van der Waals surface area contributed by atoms with Gasteiger partial charge in [0.15, 0.2) is 0 Å². The number of aromatic nitrogens is 1. The van der Waals surface area contributed by atoms with E-state index in [-0.39, 0.29) is 11.3 Å². The lowest BCUT2D eigenvalue weighted by Gasteiger charge is -2.25. The maximum Gasteiger partial charge on any atom is 0.295 e. The van der Waals surface area contributed by atoms with Gasteiger partial charge in [-0.2, -0.15) is 0 Å². The van der Waals surface area contributed by atoms with Crippen LogP contribution in [0.5, 0.6) is 0 Å². The second kappa shape index (κ2) is 7.93. The summed E-state index contributed by atoms with van der Waals surface area (Å²) in [4.78, 5) is 30.7. The van der Waals surface area contributed by atoms with Crippen molar-refractivity contribution in [3.8, 4) is 0 Å². The number of aliphatic hydroxyl groups excluding tert-OH is 1. The molecule has 0 radical (unpaired) electrons. The molecule has 0 aliphatic carbocycles. The third kappa shape index (κ3) is 3.36. The quantitative estimate of drug-likeness (QED) is 0.374. The second-order valence-electron chi connectivity index (χ2n) is 5.99. The van der Waals surface area contributed by atoms with Crippen molar-refractivity contribution in [2.75, 3.05) is 20.3 Å². The number of methoxy groups -OCH3 is 1. The molecule has 1 aromatic heterocycles. The highest BCUT2D eigenvalue weighted by atomic mass is 16.5. The third-order valence-corrected chi connectivity index (χ3v) is 4.36. The second-order valence-corrected chi connectivity index (χ2v) is 5.99. The Morgan fingerprint density at radius 1 is 1.15 bits per heavy atom. The van der Waals surface area contributed by atoms with Gasteiger partial charge in [-0.25, -0.2) is 0 Å². The van der Waals surface area contributed by atoms with Gasteiger partial charge in [0, 0.05) is 38.2 Å². The van der Waals surface area contributed by atoms with Gasteiger partial charge in [0.25, 0.3) is 11.7 Å². The predicted octanol–water partition coefficient (Wildman–Crippen LogP) is 2.54. The highest BCUT2D eigenvalue weighted by Crippen LogP contribution is 2.39. The van der Waals surface area contributed by atoms with Crippen molar-refractivity contribution in [2.45, 2.75) is 12.5 Å². The molecule has 0 saturated carbocycles. The molecule has 3 rings (SSSR count).